The third-order valence-corrected chi connectivity index (χ3v) is 4.73. The summed E-state index contributed by atoms with van der Waals surface area (Å²) in [5.41, 5.74) is 5.68. The molecule has 1 N–H and O–H groups in total. The molecule has 0 amide bonds. The van der Waals surface area contributed by atoms with Crippen LogP contribution in [0.15, 0.2) is 42.0 Å². The Labute approximate surface area is 163 Å². The fourth-order valence-corrected chi connectivity index (χ4v) is 3.14. The number of hydrogen-bond acceptors (Lipinski definition) is 2. The van der Waals surface area contributed by atoms with Crippen molar-refractivity contribution >= 4 is 11.5 Å². The summed E-state index contributed by atoms with van der Waals surface area (Å²) < 4.78 is 6.11. The zero-order chi connectivity index (χ0) is 20.4. The van der Waals surface area contributed by atoms with Gasteiger partial charge < -0.3 is 9.84 Å². The highest BCUT2D eigenvalue weighted by molar-refractivity contribution is 5.81. The molecule has 0 saturated carbocycles. The minimum Gasteiger partial charge on any atom is -0.492 e. The van der Waals surface area contributed by atoms with Crippen molar-refractivity contribution < 1.29 is 14.6 Å². The first-order chi connectivity index (χ1) is 12.4. The number of ether oxygens (including phenoxy) is 1. The Morgan fingerprint density at radius 3 is 2.33 bits per heavy atom. The Bertz CT molecular complexity index is 809. The van der Waals surface area contributed by atoms with E-state index in [9.17, 15) is 4.79 Å². The van der Waals surface area contributed by atoms with E-state index < -0.39 is 5.97 Å². The van der Waals surface area contributed by atoms with Gasteiger partial charge in [0.1, 0.15) is 5.75 Å². The molecular weight excluding hydrogens is 336 g/mol. The maximum Gasteiger partial charge on any atom is 0.328 e. The molecule has 1 aliphatic heterocycles. The van der Waals surface area contributed by atoms with Crippen LogP contribution in [0.5, 0.6) is 5.75 Å². The van der Waals surface area contributed by atoms with E-state index in [1.807, 2.05) is 12.2 Å². The normalized spacial score (nSPS) is 17.1. The molecule has 0 fully saturated rings. The third kappa shape index (κ3) is 5.35. The standard InChI is InChI=1S/C24H32O3/c1-16(13-21(25)26)9-8-10-17-11-12-27-22-19(17)14-18(23(2,3)4)15-20(22)24(5,6)7/h8-10,13-15H,11-12H2,1-7H3,(H,25,26)/b9-8+,16-13+,17-10+. The van der Waals surface area contributed by atoms with Crippen LogP contribution in [0.25, 0.3) is 5.57 Å². The van der Waals surface area contributed by atoms with E-state index in [2.05, 4.69) is 59.8 Å². The molecule has 3 heteroatoms. The number of carbonyl (C=O) groups is 1. The number of carboxylic acid groups (broad SMARTS) is 1. The second-order valence-electron chi connectivity index (χ2n) is 9.28. The van der Waals surface area contributed by atoms with Crippen LogP contribution in [-0.4, -0.2) is 17.7 Å². The van der Waals surface area contributed by atoms with E-state index in [0.717, 1.165) is 17.7 Å². The van der Waals surface area contributed by atoms with Crippen molar-refractivity contribution in [3.8, 4) is 5.75 Å². The average molecular weight is 369 g/mol. The Balaban J connectivity index is 2.56. The van der Waals surface area contributed by atoms with Gasteiger partial charge in [0.15, 0.2) is 0 Å². The van der Waals surface area contributed by atoms with Gasteiger partial charge in [0.25, 0.3) is 0 Å². The summed E-state index contributed by atoms with van der Waals surface area (Å²) in [6.07, 6.45) is 7.90. The van der Waals surface area contributed by atoms with Gasteiger partial charge in [0, 0.05) is 23.6 Å². The largest absolute Gasteiger partial charge is 0.492 e. The van der Waals surface area contributed by atoms with Crippen LogP contribution in [0.2, 0.25) is 0 Å². The van der Waals surface area contributed by atoms with Crippen LogP contribution in [0.4, 0.5) is 0 Å². The predicted octanol–water partition coefficient (Wildman–Crippen LogP) is 6.03. The number of fused-ring (bicyclic) bond motifs is 1. The summed E-state index contributed by atoms with van der Waals surface area (Å²) in [7, 11) is 0. The van der Waals surface area contributed by atoms with E-state index in [1.165, 1.54) is 22.8 Å². The maximum atomic E-state index is 10.8. The molecule has 1 aromatic rings. The van der Waals surface area contributed by atoms with Crippen LogP contribution in [0, 0.1) is 0 Å². The molecule has 1 heterocycles. The quantitative estimate of drug-likeness (QED) is 0.523. The van der Waals surface area contributed by atoms with E-state index >= 15 is 0 Å². The van der Waals surface area contributed by atoms with Gasteiger partial charge in [-0.2, -0.15) is 0 Å². The van der Waals surface area contributed by atoms with Crippen LogP contribution in [-0.2, 0) is 15.6 Å². The molecule has 146 valence electrons. The molecule has 0 aliphatic carbocycles. The average Bonchev–Trinajstić information content (AvgIpc) is 2.51. The van der Waals surface area contributed by atoms with Crippen molar-refractivity contribution in [1.82, 2.24) is 0 Å². The van der Waals surface area contributed by atoms with Gasteiger partial charge >= 0.3 is 5.97 Å². The summed E-state index contributed by atoms with van der Waals surface area (Å²) in [6.45, 7) is 15.8. The van der Waals surface area contributed by atoms with Crippen molar-refractivity contribution in [3.63, 3.8) is 0 Å². The van der Waals surface area contributed by atoms with E-state index in [0.29, 0.717) is 12.2 Å². The van der Waals surface area contributed by atoms with Gasteiger partial charge in [0.2, 0.25) is 0 Å². The summed E-state index contributed by atoms with van der Waals surface area (Å²) >= 11 is 0. The van der Waals surface area contributed by atoms with Crippen molar-refractivity contribution in [3.05, 3.63) is 58.7 Å². The van der Waals surface area contributed by atoms with Gasteiger partial charge in [-0.3, -0.25) is 0 Å². The summed E-state index contributed by atoms with van der Waals surface area (Å²) in [4.78, 5) is 10.8. The lowest BCUT2D eigenvalue weighted by Gasteiger charge is -2.32. The van der Waals surface area contributed by atoms with Gasteiger partial charge in [-0.1, -0.05) is 65.8 Å². The second kappa shape index (κ2) is 7.75. The van der Waals surface area contributed by atoms with Crippen molar-refractivity contribution in [2.45, 2.75) is 65.7 Å². The predicted molar refractivity (Wildman–Crippen MR) is 112 cm³/mol. The molecule has 0 spiro atoms. The zero-order valence-corrected chi connectivity index (χ0v) is 17.6. The summed E-state index contributed by atoms with van der Waals surface area (Å²) in [6, 6.07) is 4.54. The Morgan fingerprint density at radius 2 is 1.78 bits per heavy atom. The minimum absolute atomic E-state index is 0.00948. The molecule has 1 aromatic carbocycles. The van der Waals surface area contributed by atoms with Crippen molar-refractivity contribution in [2.75, 3.05) is 6.61 Å². The van der Waals surface area contributed by atoms with Crippen molar-refractivity contribution in [1.29, 1.82) is 0 Å². The summed E-state index contributed by atoms with van der Waals surface area (Å²) in [5.74, 6) is 0.0602. The SMILES string of the molecule is CC(/C=C/C=C1\CCOc2c1cc(C(C)(C)C)cc2C(C)(C)C)=C\C(=O)O. The molecule has 0 bridgehead atoms. The number of allylic oxidation sites excluding steroid dienone is 4. The van der Waals surface area contributed by atoms with Gasteiger partial charge in [0.05, 0.1) is 6.61 Å². The number of hydrogen-bond donors (Lipinski definition) is 1. The Morgan fingerprint density at radius 1 is 1.11 bits per heavy atom. The monoisotopic (exact) mass is 368 g/mol. The molecule has 3 nitrogen and oxygen atoms in total. The van der Waals surface area contributed by atoms with E-state index in [1.54, 1.807) is 6.92 Å². The first kappa shape index (κ1) is 21.0. The van der Waals surface area contributed by atoms with Crippen LogP contribution in [0.1, 0.15) is 71.6 Å². The fraction of sp³-hybridized carbons (Fsp3) is 0.458. The lowest BCUT2D eigenvalue weighted by Crippen LogP contribution is -2.21. The molecule has 0 aromatic heterocycles. The van der Waals surface area contributed by atoms with Crippen LogP contribution in [0.3, 0.4) is 0 Å². The molecule has 27 heavy (non-hydrogen) atoms. The molecular formula is C24H32O3. The molecule has 0 unspecified atom stereocenters. The van der Waals surface area contributed by atoms with E-state index in [-0.39, 0.29) is 10.8 Å². The summed E-state index contributed by atoms with van der Waals surface area (Å²) in [5, 5.41) is 8.83. The number of aliphatic carboxylic acids is 1. The van der Waals surface area contributed by atoms with E-state index in [4.69, 9.17) is 9.84 Å². The highest BCUT2D eigenvalue weighted by Crippen LogP contribution is 2.43. The first-order valence-electron chi connectivity index (χ1n) is 9.50. The maximum absolute atomic E-state index is 10.8. The molecule has 0 radical (unpaired) electrons. The first-order valence-corrected chi connectivity index (χ1v) is 9.50. The smallest absolute Gasteiger partial charge is 0.328 e. The number of benzene rings is 1. The second-order valence-corrected chi connectivity index (χ2v) is 9.28. The van der Waals surface area contributed by atoms with Gasteiger partial charge in [-0.15, -0.1) is 0 Å². The highest BCUT2D eigenvalue weighted by atomic mass is 16.5. The Hall–Kier alpha value is -2.29. The third-order valence-electron chi connectivity index (χ3n) is 4.73. The van der Waals surface area contributed by atoms with Gasteiger partial charge in [-0.05, 0) is 40.5 Å². The van der Waals surface area contributed by atoms with Crippen LogP contribution < -0.4 is 4.74 Å². The number of rotatable bonds is 3. The topological polar surface area (TPSA) is 46.5 Å². The fourth-order valence-electron chi connectivity index (χ4n) is 3.14. The lowest BCUT2D eigenvalue weighted by molar-refractivity contribution is -0.131. The number of carboxylic acids is 1. The van der Waals surface area contributed by atoms with Crippen molar-refractivity contribution in [2.24, 2.45) is 0 Å². The Kier molecular flexibility index (Phi) is 6.04. The molecule has 1 aliphatic rings. The molecule has 2 rings (SSSR count). The lowest BCUT2D eigenvalue weighted by atomic mass is 9.77. The minimum atomic E-state index is -0.925. The molecule has 0 saturated heterocycles. The highest BCUT2D eigenvalue weighted by Gasteiger charge is 2.28. The molecule has 0 atom stereocenters. The van der Waals surface area contributed by atoms with Gasteiger partial charge in [-0.25, -0.2) is 4.79 Å². The zero-order valence-electron chi connectivity index (χ0n) is 17.6. The van der Waals surface area contributed by atoms with Crippen LogP contribution >= 0.6 is 0 Å².